The lowest BCUT2D eigenvalue weighted by Gasteiger charge is -2.23. The van der Waals surface area contributed by atoms with Crippen molar-refractivity contribution < 1.29 is 0 Å². The van der Waals surface area contributed by atoms with Gasteiger partial charge in [-0.05, 0) is 12.5 Å². The van der Waals surface area contributed by atoms with Crippen LogP contribution in [0.25, 0.3) is 0 Å². The minimum absolute atomic E-state index is 0.186. The van der Waals surface area contributed by atoms with Gasteiger partial charge in [0.2, 0.25) is 0 Å². The van der Waals surface area contributed by atoms with Crippen LogP contribution in [-0.2, 0) is 0 Å². The molecule has 1 nitrogen and oxygen atoms in total. The second-order valence-corrected chi connectivity index (χ2v) is 4.47. The summed E-state index contributed by atoms with van der Waals surface area (Å²) >= 11 is 0. The maximum atomic E-state index is 4.03. The lowest BCUT2D eigenvalue weighted by atomic mass is 9.90. The summed E-state index contributed by atoms with van der Waals surface area (Å²) in [6, 6.07) is 0. The van der Waals surface area contributed by atoms with E-state index < -0.39 is 0 Å². The highest BCUT2D eigenvalue weighted by atomic mass is 14.8. The van der Waals surface area contributed by atoms with Crippen molar-refractivity contribution in [3.8, 4) is 0 Å². The molecule has 0 unspecified atom stereocenters. The zero-order valence-electron chi connectivity index (χ0n) is 9.70. The Morgan fingerprint density at radius 1 is 1.38 bits per heavy atom. The average Bonchev–Trinajstić information content (AvgIpc) is 1.98. The van der Waals surface area contributed by atoms with Gasteiger partial charge in [-0.1, -0.05) is 46.3 Å². The van der Waals surface area contributed by atoms with E-state index in [-0.39, 0.29) is 5.41 Å². The number of hydrogen-bond donors (Lipinski definition) is 1. The van der Waals surface area contributed by atoms with E-state index in [2.05, 4.69) is 45.7 Å². The number of hydrogen-bond acceptors (Lipinski definition) is 1. The minimum atomic E-state index is 0.186. The standard InChI is InChI=1S/C12H23N/c1-7-8-10(2)9-11(13-6)12(3,4)5/h9,13H,2,7-8H2,1,3-6H3/b11-9-. The number of allylic oxidation sites excluding steroid dienone is 3. The van der Waals surface area contributed by atoms with Crippen LogP contribution >= 0.6 is 0 Å². The fraction of sp³-hybridized carbons (Fsp3) is 0.667. The normalized spacial score (nSPS) is 12.8. The van der Waals surface area contributed by atoms with E-state index in [0.29, 0.717) is 0 Å². The molecule has 0 radical (unpaired) electrons. The van der Waals surface area contributed by atoms with Gasteiger partial charge in [-0.3, -0.25) is 0 Å². The number of rotatable bonds is 4. The van der Waals surface area contributed by atoms with Gasteiger partial charge in [0.05, 0.1) is 0 Å². The Balaban J connectivity index is 4.48. The van der Waals surface area contributed by atoms with Crippen molar-refractivity contribution in [2.24, 2.45) is 5.41 Å². The molecule has 0 aromatic carbocycles. The van der Waals surface area contributed by atoms with Crippen LogP contribution in [0.15, 0.2) is 23.9 Å². The Labute approximate surface area is 82.9 Å². The van der Waals surface area contributed by atoms with Crippen LogP contribution in [0.2, 0.25) is 0 Å². The Hall–Kier alpha value is -0.720. The summed E-state index contributed by atoms with van der Waals surface area (Å²) in [7, 11) is 1.97. The molecule has 0 bridgehead atoms. The molecule has 1 N–H and O–H groups in total. The van der Waals surface area contributed by atoms with E-state index in [0.717, 1.165) is 12.8 Å². The highest BCUT2D eigenvalue weighted by molar-refractivity contribution is 5.22. The summed E-state index contributed by atoms with van der Waals surface area (Å²) in [5.41, 5.74) is 2.65. The zero-order chi connectivity index (χ0) is 10.5. The number of nitrogens with one attached hydrogen (secondary N) is 1. The van der Waals surface area contributed by atoms with Crippen molar-refractivity contribution in [2.45, 2.75) is 40.5 Å². The lowest BCUT2D eigenvalue weighted by molar-refractivity contribution is 0.472. The highest BCUT2D eigenvalue weighted by Crippen LogP contribution is 2.24. The molecule has 0 aliphatic carbocycles. The first-order valence-electron chi connectivity index (χ1n) is 4.99. The Kier molecular flexibility index (Phi) is 4.82. The Morgan fingerprint density at radius 2 is 1.92 bits per heavy atom. The Morgan fingerprint density at radius 3 is 2.23 bits per heavy atom. The van der Waals surface area contributed by atoms with Gasteiger partial charge in [-0.15, -0.1) is 0 Å². The summed E-state index contributed by atoms with van der Waals surface area (Å²) < 4.78 is 0. The van der Waals surface area contributed by atoms with Crippen LogP contribution in [0.3, 0.4) is 0 Å². The molecule has 0 spiro atoms. The Bertz CT molecular complexity index is 194. The minimum Gasteiger partial charge on any atom is -0.391 e. The molecule has 0 aromatic heterocycles. The molecule has 13 heavy (non-hydrogen) atoms. The predicted octanol–water partition coefficient (Wildman–Crippen LogP) is 3.49. The van der Waals surface area contributed by atoms with Gasteiger partial charge >= 0.3 is 0 Å². The summed E-state index contributed by atoms with van der Waals surface area (Å²) in [5.74, 6) is 0. The molecule has 0 saturated carbocycles. The third kappa shape index (κ3) is 4.76. The molecule has 76 valence electrons. The fourth-order valence-electron chi connectivity index (χ4n) is 1.26. The average molecular weight is 181 g/mol. The van der Waals surface area contributed by atoms with Crippen molar-refractivity contribution in [3.05, 3.63) is 23.9 Å². The van der Waals surface area contributed by atoms with Gasteiger partial charge < -0.3 is 5.32 Å². The van der Waals surface area contributed by atoms with Crippen LogP contribution < -0.4 is 5.32 Å². The van der Waals surface area contributed by atoms with E-state index in [9.17, 15) is 0 Å². The van der Waals surface area contributed by atoms with Crippen molar-refractivity contribution in [2.75, 3.05) is 7.05 Å². The molecule has 0 rings (SSSR count). The van der Waals surface area contributed by atoms with E-state index in [1.54, 1.807) is 0 Å². The second-order valence-electron chi connectivity index (χ2n) is 4.47. The van der Waals surface area contributed by atoms with Crippen LogP contribution in [0, 0.1) is 5.41 Å². The molecule has 0 heterocycles. The van der Waals surface area contributed by atoms with E-state index in [1.165, 1.54) is 11.3 Å². The molecular formula is C12H23N. The molecule has 0 amide bonds. The van der Waals surface area contributed by atoms with E-state index >= 15 is 0 Å². The highest BCUT2D eigenvalue weighted by Gasteiger charge is 2.15. The van der Waals surface area contributed by atoms with Crippen LogP contribution in [0.1, 0.15) is 40.5 Å². The third-order valence-electron chi connectivity index (χ3n) is 2.00. The van der Waals surface area contributed by atoms with Gasteiger partial charge in [-0.25, -0.2) is 0 Å². The van der Waals surface area contributed by atoms with Crippen LogP contribution in [0.5, 0.6) is 0 Å². The third-order valence-corrected chi connectivity index (χ3v) is 2.00. The van der Waals surface area contributed by atoms with Gasteiger partial charge in [0.15, 0.2) is 0 Å². The van der Waals surface area contributed by atoms with Crippen LogP contribution in [-0.4, -0.2) is 7.05 Å². The summed E-state index contributed by atoms with van der Waals surface area (Å²) in [6.45, 7) is 12.8. The smallest absolute Gasteiger partial charge is 0.0161 e. The molecule has 1 heteroatoms. The molecular weight excluding hydrogens is 158 g/mol. The SMILES string of the molecule is C=C(/C=C(\NC)C(C)(C)C)CCC. The van der Waals surface area contributed by atoms with Crippen molar-refractivity contribution in [1.29, 1.82) is 0 Å². The summed E-state index contributed by atoms with van der Waals surface area (Å²) in [4.78, 5) is 0. The molecule has 0 aliphatic heterocycles. The largest absolute Gasteiger partial charge is 0.391 e. The molecule has 0 atom stereocenters. The van der Waals surface area contributed by atoms with Gasteiger partial charge in [0.25, 0.3) is 0 Å². The van der Waals surface area contributed by atoms with Gasteiger partial charge in [0.1, 0.15) is 0 Å². The molecule has 0 aromatic rings. The maximum absolute atomic E-state index is 4.03. The quantitative estimate of drug-likeness (QED) is 0.655. The summed E-state index contributed by atoms with van der Waals surface area (Å²) in [5, 5.41) is 3.23. The molecule has 0 fully saturated rings. The van der Waals surface area contributed by atoms with Crippen molar-refractivity contribution >= 4 is 0 Å². The van der Waals surface area contributed by atoms with Crippen molar-refractivity contribution in [3.63, 3.8) is 0 Å². The predicted molar refractivity (Wildman–Crippen MR) is 60.6 cm³/mol. The summed E-state index contributed by atoms with van der Waals surface area (Å²) in [6.07, 6.45) is 4.42. The topological polar surface area (TPSA) is 12.0 Å². The first-order valence-corrected chi connectivity index (χ1v) is 4.99. The van der Waals surface area contributed by atoms with E-state index in [4.69, 9.17) is 0 Å². The van der Waals surface area contributed by atoms with Gasteiger partial charge in [0, 0.05) is 18.2 Å². The van der Waals surface area contributed by atoms with Gasteiger partial charge in [-0.2, -0.15) is 0 Å². The fourth-order valence-corrected chi connectivity index (χ4v) is 1.26. The van der Waals surface area contributed by atoms with E-state index in [1.807, 2.05) is 7.05 Å². The zero-order valence-corrected chi connectivity index (χ0v) is 9.70. The van der Waals surface area contributed by atoms with Crippen LogP contribution in [0.4, 0.5) is 0 Å². The maximum Gasteiger partial charge on any atom is 0.0161 e. The first-order chi connectivity index (χ1) is 5.91. The van der Waals surface area contributed by atoms with Crippen molar-refractivity contribution in [1.82, 2.24) is 5.32 Å². The monoisotopic (exact) mass is 181 g/mol. The molecule has 0 aliphatic rings. The molecule has 0 saturated heterocycles. The lowest BCUT2D eigenvalue weighted by Crippen LogP contribution is -2.21. The first kappa shape index (κ1) is 12.3. The second kappa shape index (κ2) is 5.11.